The van der Waals surface area contributed by atoms with Gasteiger partial charge in [0.25, 0.3) is 0 Å². The molecule has 2 saturated heterocycles. The molecule has 0 aliphatic carbocycles. The number of imidazole rings is 1. The zero-order chi connectivity index (χ0) is 32.6. The van der Waals surface area contributed by atoms with E-state index in [2.05, 4.69) is 63.9 Å². The first kappa shape index (κ1) is 31.8. The van der Waals surface area contributed by atoms with Crippen LogP contribution in [0.2, 0.25) is 0 Å². The summed E-state index contributed by atoms with van der Waals surface area (Å²) in [6.45, 7) is 12.7. The molecule has 46 heavy (non-hydrogen) atoms. The third-order valence-electron chi connectivity index (χ3n) is 8.19. The van der Waals surface area contributed by atoms with Gasteiger partial charge in [0, 0.05) is 24.0 Å². The van der Waals surface area contributed by atoms with Crippen LogP contribution in [0.15, 0.2) is 60.1 Å². The van der Waals surface area contributed by atoms with Crippen LogP contribution in [0, 0.1) is 0 Å². The van der Waals surface area contributed by atoms with Gasteiger partial charge in [-0.1, -0.05) is 48.5 Å². The third-order valence-corrected chi connectivity index (χ3v) is 9.14. The molecule has 2 aromatic heterocycles. The van der Waals surface area contributed by atoms with Crippen LogP contribution >= 0.6 is 11.3 Å². The van der Waals surface area contributed by atoms with E-state index in [1.54, 1.807) is 16.2 Å². The fourth-order valence-electron chi connectivity index (χ4n) is 6.05. The number of hydrogen-bond acceptors (Lipinski definition) is 7. The topological polar surface area (TPSA) is 101 Å². The molecule has 0 radical (unpaired) electrons. The molecule has 242 valence electrons. The van der Waals surface area contributed by atoms with Crippen LogP contribution < -0.4 is 0 Å². The number of aromatic amines is 1. The maximum Gasteiger partial charge on any atom is 0.410 e. The van der Waals surface area contributed by atoms with Gasteiger partial charge >= 0.3 is 12.2 Å². The van der Waals surface area contributed by atoms with E-state index in [9.17, 15) is 9.59 Å². The van der Waals surface area contributed by atoms with Crippen molar-refractivity contribution in [1.29, 1.82) is 0 Å². The quantitative estimate of drug-likeness (QED) is 0.233. The lowest BCUT2D eigenvalue weighted by Crippen LogP contribution is -2.36. The molecular formula is C36H43N5O4S. The predicted octanol–water partition coefficient (Wildman–Crippen LogP) is 9.01. The Morgan fingerprint density at radius 2 is 1.26 bits per heavy atom. The molecule has 0 saturated carbocycles. The minimum absolute atomic E-state index is 0.0422. The van der Waals surface area contributed by atoms with E-state index in [1.165, 1.54) is 0 Å². The zero-order valence-corrected chi connectivity index (χ0v) is 28.3. The first-order chi connectivity index (χ1) is 21.8. The van der Waals surface area contributed by atoms with Crippen LogP contribution in [0.25, 0.3) is 33.6 Å². The molecule has 2 aromatic carbocycles. The fraction of sp³-hybridized carbons (Fsp3) is 0.444. The summed E-state index contributed by atoms with van der Waals surface area (Å²) in [6.07, 6.45) is 4.89. The van der Waals surface area contributed by atoms with Crippen molar-refractivity contribution in [1.82, 2.24) is 24.8 Å². The Morgan fingerprint density at radius 1 is 0.761 bits per heavy atom. The van der Waals surface area contributed by atoms with Crippen LogP contribution in [0.1, 0.15) is 90.1 Å². The second-order valence-electron chi connectivity index (χ2n) is 14.1. The van der Waals surface area contributed by atoms with Gasteiger partial charge in [-0.15, -0.1) is 11.3 Å². The predicted molar refractivity (Wildman–Crippen MR) is 180 cm³/mol. The Labute approximate surface area is 275 Å². The van der Waals surface area contributed by atoms with Crippen LogP contribution in [-0.4, -0.2) is 61.2 Å². The van der Waals surface area contributed by atoms with Crippen LogP contribution in [-0.2, 0) is 9.47 Å². The Hall–Kier alpha value is -4.18. The van der Waals surface area contributed by atoms with E-state index in [4.69, 9.17) is 14.5 Å². The summed E-state index contributed by atoms with van der Waals surface area (Å²) >= 11 is 1.60. The Balaban J connectivity index is 1.11. The fourth-order valence-corrected chi connectivity index (χ4v) is 7.03. The molecule has 1 N–H and O–H groups in total. The molecule has 4 heterocycles. The summed E-state index contributed by atoms with van der Waals surface area (Å²) in [5.41, 5.74) is 5.07. The average Bonchev–Trinajstić information content (AvgIpc) is 3.82. The monoisotopic (exact) mass is 641 g/mol. The van der Waals surface area contributed by atoms with Gasteiger partial charge in [-0.3, -0.25) is 9.80 Å². The first-order valence-electron chi connectivity index (χ1n) is 16.1. The molecule has 2 aliphatic rings. The normalized spacial score (nSPS) is 18.7. The van der Waals surface area contributed by atoms with Gasteiger partial charge in [-0.25, -0.2) is 19.6 Å². The summed E-state index contributed by atoms with van der Waals surface area (Å²) in [5, 5.41) is 3.02. The van der Waals surface area contributed by atoms with Gasteiger partial charge < -0.3 is 14.5 Å². The number of ether oxygens (including phenoxy) is 2. The number of rotatable bonds is 5. The Morgan fingerprint density at radius 3 is 1.83 bits per heavy atom. The zero-order valence-electron chi connectivity index (χ0n) is 27.5. The second kappa shape index (κ2) is 12.5. The summed E-state index contributed by atoms with van der Waals surface area (Å²) in [6, 6.07) is 16.7. The van der Waals surface area contributed by atoms with Gasteiger partial charge in [0.15, 0.2) is 0 Å². The number of likely N-dealkylation sites (tertiary alicyclic amines) is 2. The average molecular weight is 642 g/mol. The Kier molecular flexibility index (Phi) is 8.67. The van der Waals surface area contributed by atoms with E-state index < -0.39 is 11.2 Å². The molecule has 1 unspecified atom stereocenters. The van der Waals surface area contributed by atoms with Crippen molar-refractivity contribution >= 4 is 23.5 Å². The van der Waals surface area contributed by atoms with Crippen molar-refractivity contribution in [3.8, 4) is 33.6 Å². The Bertz CT molecular complexity index is 1550. The number of benzene rings is 2. The highest BCUT2D eigenvalue weighted by molar-refractivity contribution is 7.10. The number of aromatic nitrogens is 3. The first-order valence-corrected chi connectivity index (χ1v) is 16.9. The highest BCUT2D eigenvalue weighted by Crippen LogP contribution is 2.37. The number of carbonyl (C=O) groups is 2. The van der Waals surface area contributed by atoms with Gasteiger partial charge in [-0.2, -0.15) is 0 Å². The molecule has 9 nitrogen and oxygen atoms in total. The number of H-pyrrole nitrogens is 1. The van der Waals surface area contributed by atoms with Crippen molar-refractivity contribution in [2.45, 2.75) is 90.5 Å². The van der Waals surface area contributed by atoms with Crippen molar-refractivity contribution in [3.05, 3.63) is 70.9 Å². The van der Waals surface area contributed by atoms with E-state index in [-0.39, 0.29) is 24.3 Å². The van der Waals surface area contributed by atoms with E-state index in [0.717, 1.165) is 70.2 Å². The third kappa shape index (κ3) is 7.12. The van der Waals surface area contributed by atoms with Crippen molar-refractivity contribution < 1.29 is 19.1 Å². The lowest BCUT2D eigenvalue weighted by molar-refractivity contribution is 0.0210. The lowest BCUT2D eigenvalue weighted by Gasteiger charge is -2.27. The second-order valence-corrected chi connectivity index (χ2v) is 15.0. The van der Waals surface area contributed by atoms with Crippen LogP contribution in [0.4, 0.5) is 9.59 Å². The smallest absolute Gasteiger partial charge is 0.410 e. The van der Waals surface area contributed by atoms with Crippen LogP contribution in [0.3, 0.4) is 0 Å². The summed E-state index contributed by atoms with van der Waals surface area (Å²) in [4.78, 5) is 42.2. The highest BCUT2D eigenvalue weighted by atomic mass is 32.1. The lowest BCUT2D eigenvalue weighted by atomic mass is 10.0. The minimum atomic E-state index is -0.535. The number of thiazole rings is 1. The van der Waals surface area contributed by atoms with E-state index in [1.807, 2.05) is 52.6 Å². The minimum Gasteiger partial charge on any atom is -0.444 e. The van der Waals surface area contributed by atoms with E-state index >= 15 is 0 Å². The molecule has 0 spiro atoms. The number of amides is 2. The number of nitrogens with zero attached hydrogens (tertiary/aromatic N) is 4. The summed E-state index contributed by atoms with van der Waals surface area (Å²) in [5.74, 6) is 0.786. The largest absolute Gasteiger partial charge is 0.444 e. The van der Waals surface area contributed by atoms with Gasteiger partial charge in [0.2, 0.25) is 0 Å². The maximum atomic E-state index is 12.8. The molecule has 2 atom stereocenters. The molecule has 10 heteroatoms. The standard InChI is InChI=1S/C36H43N5O4S/c1-35(2,3)44-33(42)40-19-7-9-29(40)31-37-21-27(38-31)25-15-11-23(12-16-25)24-13-17-26(18-14-24)28-22-46-32(39-28)30-10-8-20-41(30)34(43)45-36(4,5)6/h11-18,21-22,29-30H,7-10,19-20H2,1-6H3,(H,37,38)/t29-,30?/m0/s1. The highest BCUT2D eigenvalue weighted by Gasteiger charge is 2.36. The van der Waals surface area contributed by atoms with Crippen molar-refractivity contribution in [2.24, 2.45) is 0 Å². The van der Waals surface area contributed by atoms with Gasteiger partial charge in [-0.05, 0) is 83.9 Å². The molecule has 2 fully saturated rings. The summed E-state index contributed by atoms with van der Waals surface area (Å²) < 4.78 is 11.3. The number of nitrogens with one attached hydrogen (secondary N) is 1. The molecule has 0 bridgehead atoms. The SMILES string of the molecule is CC(C)(C)OC(=O)N1CCCC1c1nc(-c2ccc(-c3ccc(-c4cnc([C@@H]5CCCN5C(=O)OC(C)(C)C)[nH]4)cc3)cc2)cs1. The van der Waals surface area contributed by atoms with Crippen LogP contribution in [0.5, 0.6) is 0 Å². The van der Waals surface area contributed by atoms with Crippen molar-refractivity contribution in [3.63, 3.8) is 0 Å². The number of hydrogen-bond donors (Lipinski definition) is 1. The molecule has 2 amide bonds. The number of carbonyl (C=O) groups excluding carboxylic acids is 2. The molecule has 6 rings (SSSR count). The summed E-state index contributed by atoms with van der Waals surface area (Å²) in [7, 11) is 0. The van der Waals surface area contributed by atoms with Gasteiger partial charge in [0.1, 0.15) is 22.0 Å². The maximum absolute atomic E-state index is 12.8. The molecule has 2 aliphatic heterocycles. The molecule has 4 aromatic rings. The van der Waals surface area contributed by atoms with E-state index in [0.29, 0.717) is 13.1 Å². The molecular weight excluding hydrogens is 598 g/mol. The van der Waals surface area contributed by atoms with Gasteiger partial charge in [0.05, 0.1) is 29.7 Å². The van der Waals surface area contributed by atoms with Crippen molar-refractivity contribution in [2.75, 3.05) is 13.1 Å².